The second kappa shape index (κ2) is 7.48. The van der Waals surface area contributed by atoms with Gasteiger partial charge in [-0.05, 0) is 42.2 Å². The first-order valence-electron chi connectivity index (χ1n) is 8.88. The fourth-order valence-corrected chi connectivity index (χ4v) is 3.65. The molecule has 6 nitrogen and oxygen atoms in total. The predicted octanol–water partition coefficient (Wildman–Crippen LogP) is 3.52. The summed E-state index contributed by atoms with van der Waals surface area (Å²) in [7, 11) is 0. The number of carboxylic acids is 1. The highest BCUT2D eigenvalue weighted by molar-refractivity contribution is 6.30. The van der Waals surface area contributed by atoms with Gasteiger partial charge in [0.1, 0.15) is 6.04 Å². The zero-order valence-electron chi connectivity index (χ0n) is 14.8. The molecular weight excluding hydrogens is 380 g/mol. The monoisotopic (exact) mass is 396 g/mol. The Morgan fingerprint density at radius 1 is 1.18 bits per heavy atom. The Kier molecular flexibility index (Phi) is 4.88. The maximum Gasteiger partial charge on any atom is 0.326 e. The number of carbonyl (C=O) groups is 2. The third-order valence-electron chi connectivity index (χ3n) is 4.85. The minimum atomic E-state index is -1.10. The molecule has 2 aromatic carbocycles. The average molecular weight is 397 g/mol. The van der Waals surface area contributed by atoms with Gasteiger partial charge < -0.3 is 14.9 Å². The third kappa shape index (κ3) is 3.51. The van der Waals surface area contributed by atoms with E-state index >= 15 is 0 Å². The van der Waals surface area contributed by atoms with E-state index in [9.17, 15) is 14.7 Å². The molecule has 0 radical (unpaired) electrons. The smallest absolute Gasteiger partial charge is 0.326 e. The van der Waals surface area contributed by atoms with Crippen molar-refractivity contribution in [3.05, 3.63) is 75.9 Å². The van der Waals surface area contributed by atoms with Gasteiger partial charge in [-0.2, -0.15) is 0 Å². The lowest BCUT2D eigenvalue weighted by atomic mass is 9.89. The van der Waals surface area contributed by atoms with Crippen molar-refractivity contribution in [2.24, 2.45) is 0 Å². The Labute approximate surface area is 166 Å². The Morgan fingerprint density at radius 3 is 2.71 bits per heavy atom. The number of hydrogen-bond donors (Lipinski definition) is 2. The van der Waals surface area contributed by atoms with Gasteiger partial charge in [0.2, 0.25) is 0 Å². The maximum absolute atomic E-state index is 12.7. The summed E-state index contributed by atoms with van der Waals surface area (Å²) in [4.78, 5) is 24.4. The molecule has 0 bridgehead atoms. The van der Waals surface area contributed by atoms with Gasteiger partial charge in [0.05, 0.1) is 0 Å². The molecule has 1 atom stereocenters. The van der Waals surface area contributed by atoms with Crippen molar-refractivity contribution < 1.29 is 19.2 Å². The van der Waals surface area contributed by atoms with Crippen molar-refractivity contribution >= 4 is 23.5 Å². The van der Waals surface area contributed by atoms with E-state index in [2.05, 4.69) is 10.5 Å². The molecule has 28 heavy (non-hydrogen) atoms. The lowest BCUT2D eigenvalue weighted by Gasteiger charge is -2.16. The molecule has 142 valence electrons. The van der Waals surface area contributed by atoms with E-state index in [1.165, 1.54) is 0 Å². The lowest BCUT2D eigenvalue weighted by molar-refractivity contribution is -0.139. The van der Waals surface area contributed by atoms with Gasteiger partial charge in [0, 0.05) is 22.6 Å². The van der Waals surface area contributed by atoms with Crippen LogP contribution in [0.25, 0.3) is 11.3 Å². The zero-order chi connectivity index (χ0) is 19.7. The molecule has 0 saturated carbocycles. The van der Waals surface area contributed by atoms with E-state index in [0.29, 0.717) is 29.2 Å². The van der Waals surface area contributed by atoms with E-state index in [0.717, 1.165) is 16.7 Å². The van der Waals surface area contributed by atoms with Crippen LogP contribution in [0.3, 0.4) is 0 Å². The van der Waals surface area contributed by atoms with Crippen LogP contribution in [0.1, 0.15) is 27.2 Å². The molecule has 1 amide bonds. The molecular formula is C21H17ClN2O4. The van der Waals surface area contributed by atoms with Crippen LogP contribution in [0.15, 0.2) is 53.1 Å². The molecule has 0 unspecified atom stereocenters. The minimum Gasteiger partial charge on any atom is -0.480 e. The summed E-state index contributed by atoms with van der Waals surface area (Å²) >= 11 is 6.05. The topological polar surface area (TPSA) is 92.4 Å². The largest absolute Gasteiger partial charge is 0.480 e. The molecule has 0 fully saturated rings. The van der Waals surface area contributed by atoms with Crippen LogP contribution in [0.5, 0.6) is 0 Å². The molecule has 1 heterocycles. The second-order valence-electron chi connectivity index (χ2n) is 6.69. The Balaban J connectivity index is 1.57. The summed E-state index contributed by atoms with van der Waals surface area (Å²) in [6, 6.07) is 13.6. The molecule has 3 aromatic rings. The number of hydrogen-bond acceptors (Lipinski definition) is 4. The van der Waals surface area contributed by atoms with Crippen LogP contribution in [0.4, 0.5) is 0 Å². The van der Waals surface area contributed by atoms with Gasteiger partial charge in [-0.3, -0.25) is 4.79 Å². The number of carboxylic acid groups (broad SMARTS) is 1. The quantitative estimate of drug-likeness (QED) is 0.688. The average Bonchev–Trinajstić information content (AvgIpc) is 3.12. The fourth-order valence-electron chi connectivity index (χ4n) is 3.46. The molecule has 2 N–H and O–H groups in total. The number of aliphatic carboxylic acids is 1. The van der Waals surface area contributed by atoms with Gasteiger partial charge in [0.25, 0.3) is 5.91 Å². The molecule has 7 heteroatoms. The lowest BCUT2D eigenvalue weighted by Crippen LogP contribution is -2.42. The van der Waals surface area contributed by atoms with Gasteiger partial charge in [0.15, 0.2) is 11.5 Å². The number of aromatic nitrogens is 1. The van der Waals surface area contributed by atoms with E-state index in [-0.39, 0.29) is 12.1 Å². The summed E-state index contributed by atoms with van der Waals surface area (Å²) in [5.41, 5.74) is 3.54. The first-order valence-corrected chi connectivity index (χ1v) is 9.25. The number of amides is 1. The summed E-state index contributed by atoms with van der Waals surface area (Å²) in [6.45, 7) is 0. The van der Waals surface area contributed by atoms with Gasteiger partial charge in [-0.15, -0.1) is 0 Å². The number of fused-ring (bicyclic) bond motifs is 3. The van der Waals surface area contributed by atoms with Crippen LogP contribution in [-0.4, -0.2) is 28.2 Å². The number of halogens is 1. The normalized spacial score (nSPS) is 13.3. The number of carbonyl (C=O) groups excluding carboxylic acids is 1. The zero-order valence-corrected chi connectivity index (χ0v) is 15.6. The highest BCUT2D eigenvalue weighted by Gasteiger charge is 2.30. The molecule has 0 spiro atoms. The Hall–Kier alpha value is -3.12. The van der Waals surface area contributed by atoms with Gasteiger partial charge >= 0.3 is 5.97 Å². The first-order chi connectivity index (χ1) is 13.5. The number of aryl methyl sites for hydroxylation is 1. The van der Waals surface area contributed by atoms with Crippen LogP contribution in [-0.2, 0) is 24.1 Å². The SMILES string of the molecule is O=C(N[C@@H](Cc1ccccc1)C(=O)O)c1noc2c1CCc1cc(Cl)ccc1-2. The van der Waals surface area contributed by atoms with Gasteiger partial charge in [-0.25, -0.2) is 4.79 Å². The standard InChI is InChI=1S/C21H17ClN2O4/c22-14-7-9-15-13(11-14)6-8-16-18(24-28-19(15)16)20(25)23-17(21(26)27)10-12-4-2-1-3-5-12/h1-5,7,9,11,17H,6,8,10H2,(H,23,25)(H,26,27)/t17-/m0/s1. The predicted molar refractivity (Wildman–Crippen MR) is 103 cm³/mol. The van der Waals surface area contributed by atoms with Crippen molar-refractivity contribution in [3.8, 4) is 11.3 Å². The molecule has 1 aromatic heterocycles. The van der Waals surface area contributed by atoms with Crippen LogP contribution < -0.4 is 5.32 Å². The van der Waals surface area contributed by atoms with Crippen molar-refractivity contribution in [1.29, 1.82) is 0 Å². The van der Waals surface area contributed by atoms with Crippen molar-refractivity contribution in [2.75, 3.05) is 0 Å². The Bertz CT molecular complexity index is 1050. The van der Waals surface area contributed by atoms with Crippen molar-refractivity contribution in [2.45, 2.75) is 25.3 Å². The minimum absolute atomic E-state index is 0.134. The molecule has 1 aliphatic carbocycles. The molecule has 4 rings (SSSR count). The summed E-state index contributed by atoms with van der Waals surface area (Å²) < 4.78 is 5.43. The van der Waals surface area contributed by atoms with E-state index in [1.54, 1.807) is 6.07 Å². The van der Waals surface area contributed by atoms with Crippen LogP contribution >= 0.6 is 11.6 Å². The summed E-state index contributed by atoms with van der Waals surface area (Å²) in [5.74, 6) is -1.11. The van der Waals surface area contributed by atoms with Crippen LogP contribution in [0, 0.1) is 0 Å². The van der Waals surface area contributed by atoms with Crippen molar-refractivity contribution in [3.63, 3.8) is 0 Å². The number of nitrogens with zero attached hydrogens (tertiary/aromatic N) is 1. The fraction of sp³-hybridized carbons (Fsp3) is 0.190. The summed E-state index contributed by atoms with van der Waals surface area (Å²) in [6.07, 6.45) is 1.46. The second-order valence-corrected chi connectivity index (χ2v) is 7.13. The highest BCUT2D eigenvalue weighted by Crippen LogP contribution is 2.36. The molecule has 0 aliphatic heterocycles. The number of benzene rings is 2. The van der Waals surface area contributed by atoms with E-state index < -0.39 is 17.9 Å². The number of nitrogens with one attached hydrogen (secondary N) is 1. The molecule has 1 aliphatic rings. The maximum atomic E-state index is 12.7. The summed E-state index contributed by atoms with van der Waals surface area (Å²) in [5, 5.41) is 16.6. The Morgan fingerprint density at radius 2 is 1.96 bits per heavy atom. The first kappa shape index (κ1) is 18.3. The van der Waals surface area contributed by atoms with Gasteiger partial charge in [-0.1, -0.05) is 47.1 Å². The van der Waals surface area contributed by atoms with E-state index in [1.807, 2.05) is 42.5 Å². The van der Waals surface area contributed by atoms with Crippen LogP contribution in [0.2, 0.25) is 5.02 Å². The molecule has 0 saturated heterocycles. The third-order valence-corrected chi connectivity index (χ3v) is 5.08. The van der Waals surface area contributed by atoms with Crippen molar-refractivity contribution in [1.82, 2.24) is 10.5 Å². The van der Waals surface area contributed by atoms with E-state index in [4.69, 9.17) is 16.1 Å². The number of rotatable bonds is 5. The highest BCUT2D eigenvalue weighted by atomic mass is 35.5.